The molecule has 0 bridgehead atoms. The van der Waals surface area contributed by atoms with E-state index in [2.05, 4.69) is 65.9 Å². The van der Waals surface area contributed by atoms with E-state index in [0.29, 0.717) is 0 Å². The molecule has 1 fully saturated rings. The second-order valence-corrected chi connectivity index (χ2v) is 6.55. The molecule has 1 aromatic rings. The number of para-hydroxylation sites is 1. The van der Waals surface area contributed by atoms with Crippen LogP contribution in [-0.2, 0) is 0 Å². The highest BCUT2D eigenvalue weighted by Crippen LogP contribution is 2.31. The lowest BCUT2D eigenvalue weighted by Crippen LogP contribution is -2.41. The number of benzene rings is 1. The van der Waals surface area contributed by atoms with Crippen molar-refractivity contribution in [2.45, 2.75) is 45.1 Å². The number of likely N-dealkylation sites (tertiary alicyclic amines) is 1. The largest absolute Gasteiger partial charge is 0.374 e. The average molecular weight is 269 g/mol. The fourth-order valence-electron chi connectivity index (χ4n) is 3.37. The Labute approximate surface area is 122 Å². The van der Waals surface area contributed by atoms with E-state index >= 15 is 0 Å². The first-order valence-corrected chi connectivity index (χ1v) is 7.80. The van der Waals surface area contributed by atoms with Gasteiger partial charge >= 0.3 is 0 Å². The smallest absolute Gasteiger partial charge is 0.205 e. The highest BCUT2D eigenvalue weighted by molar-refractivity contribution is 5.70. The SMILES string of the molecule is CC1(C)CC(N2CCCCC2)=CC=[N+]1c1ccccc1. The maximum Gasteiger partial charge on any atom is 0.205 e. The Morgan fingerprint density at radius 3 is 2.35 bits per heavy atom. The van der Waals surface area contributed by atoms with Crippen LogP contribution in [0.4, 0.5) is 5.69 Å². The van der Waals surface area contributed by atoms with Gasteiger partial charge in [-0.3, -0.25) is 0 Å². The molecule has 0 unspecified atom stereocenters. The Morgan fingerprint density at radius 2 is 1.70 bits per heavy atom. The molecule has 2 heterocycles. The van der Waals surface area contributed by atoms with Crippen LogP contribution in [0, 0.1) is 0 Å². The fraction of sp³-hybridized carbons (Fsp3) is 0.500. The summed E-state index contributed by atoms with van der Waals surface area (Å²) in [5.41, 5.74) is 2.94. The zero-order chi connectivity index (χ0) is 14.0. The fourth-order valence-corrected chi connectivity index (χ4v) is 3.37. The van der Waals surface area contributed by atoms with E-state index in [1.54, 1.807) is 0 Å². The molecule has 2 heteroatoms. The third-order valence-corrected chi connectivity index (χ3v) is 4.48. The number of piperidine rings is 1. The molecule has 0 aliphatic carbocycles. The quantitative estimate of drug-likeness (QED) is 0.737. The van der Waals surface area contributed by atoms with E-state index in [0.717, 1.165) is 6.42 Å². The van der Waals surface area contributed by atoms with Gasteiger partial charge < -0.3 is 4.90 Å². The lowest BCUT2D eigenvalue weighted by atomic mass is 9.92. The molecule has 2 nitrogen and oxygen atoms in total. The Balaban J connectivity index is 1.88. The van der Waals surface area contributed by atoms with Crippen LogP contribution >= 0.6 is 0 Å². The van der Waals surface area contributed by atoms with E-state index in [4.69, 9.17) is 0 Å². The maximum atomic E-state index is 2.59. The van der Waals surface area contributed by atoms with Crippen LogP contribution in [0.15, 0.2) is 42.1 Å². The topological polar surface area (TPSA) is 6.25 Å². The molecule has 3 rings (SSSR count). The van der Waals surface area contributed by atoms with Crippen molar-refractivity contribution in [3.05, 3.63) is 42.1 Å². The van der Waals surface area contributed by atoms with Gasteiger partial charge in [0, 0.05) is 50.8 Å². The van der Waals surface area contributed by atoms with Gasteiger partial charge in [0.05, 0.1) is 6.42 Å². The average Bonchev–Trinajstić information content (AvgIpc) is 2.48. The molecule has 0 aromatic heterocycles. The van der Waals surface area contributed by atoms with Crippen LogP contribution in [0.2, 0.25) is 0 Å². The molecule has 106 valence electrons. The predicted molar refractivity (Wildman–Crippen MR) is 84.6 cm³/mol. The minimum atomic E-state index is 0.142. The van der Waals surface area contributed by atoms with Crippen LogP contribution in [0.1, 0.15) is 39.5 Å². The van der Waals surface area contributed by atoms with Crippen molar-refractivity contribution < 1.29 is 4.58 Å². The number of hydrogen-bond donors (Lipinski definition) is 0. The number of nitrogens with zero attached hydrogens (tertiary/aromatic N) is 2. The number of rotatable bonds is 2. The van der Waals surface area contributed by atoms with Gasteiger partial charge in [-0.15, -0.1) is 0 Å². The second-order valence-electron chi connectivity index (χ2n) is 6.55. The molecule has 0 saturated carbocycles. The van der Waals surface area contributed by atoms with E-state index in [1.165, 1.54) is 43.7 Å². The van der Waals surface area contributed by atoms with Crippen LogP contribution in [-0.4, -0.2) is 34.3 Å². The van der Waals surface area contributed by atoms with Gasteiger partial charge in [0.15, 0.2) is 11.8 Å². The Bertz CT molecular complexity index is 520. The lowest BCUT2D eigenvalue weighted by Gasteiger charge is -2.35. The zero-order valence-corrected chi connectivity index (χ0v) is 12.7. The molecule has 1 saturated heterocycles. The highest BCUT2D eigenvalue weighted by atomic mass is 15.2. The summed E-state index contributed by atoms with van der Waals surface area (Å²) in [6.45, 7) is 7.16. The molecular formula is C18H25N2+. The molecule has 20 heavy (non-hydrogen) atoms. The summed E-state index contributed by atoms with van der Waals surface area (Å²) in [6, 6.07) is 10.7. The van der Waals surface area contributed by atoms with Gasteiger partial charge in [-0.05, 0) is 19.3 Å². The second kappa shape index (κ2) is 5.43. The Morgan fingerprint density at radius 1 is 1.00 bits per heavy atom. The minimum absolute atomic E-state index is 0.142. The normalized spacial score (nSPS) is 22.2. The van der Waals surface area contributed by atoms with Crippen molar-refractivity contribution in [1.29, 1.82) is 0 Å². The van der Waals surface area contributed by atoms with Crippen molar-refractivity contribution >= 4 is 11.9 Å². The van der Waals surface area contributed by atoms with Crippen molar-refractivity contribution in [2.75, 3.05) is 13.1 Å². The molecule has 0 atom stereocenters. The van der Waals surface area contributed by atoms with E-state index in [-0.39, 0.29) is 5.54 Å². The van der Waals surface area contributed by atoms with Crippen LogP contribution in [0.3, 0.4) is 0 Å². The molecule has 0 amide bonds. The van der Waals surface area contributed by atoms with E-state index in [9.17, 15) is 0 Å². The number of hydrogen-bond acceptors (Lipinski definition) is 1. The van der Waals surface area contributed by atoms with Gasteiger partial charge in [-0.2, -0.15) is 4.58 Å². The summed E-state index contributed by atoms with van der Waals surface area (Å²) in [4.78, 5) is 2.59. The molecule has 2 aliphatic rings. The third kappa shape index (κ3) is 2.65. The summed E-state index contributed by atoms with van der Waals surface area (Å²) in [5, 5.41) is 0. The van der Waals surface area contributed by atoms with Crippen molar-refractivity contribution in [3.8, 4) is 0 Å². The Kier molecular flexibility index (Phi) is 3.64. The summed E-state index contributed by atoms with van der Waals surface area (Å²) in [5.74, 6) is 0. The van der Waals surface area contributed by atoms with Gasteiger partial charge in [0.2, 0.25) is 5.69 Å². The summed E-state index contributed by atoms with van der Waals surface area (Å²) >= 11 is 0. The van der Waals surface area contributed by atoms with Gasteiger partial charge in [-0.25, -0.2) is 0 Å². The first kappa shape index (κ1) is 13.4. The molecule has 2 aliphatic heterocycles. The molecule has 0 radical (unpaired) electrons. The third-order valence-electron chi connectivity index (χ3n) is 4.48. The van der Waals surface area contributed by atoms with Crippen molar-refractivity contribution in [2.24, 2.45) is 0 Å². The monoisotopic (exact) mass is 269 g/mol. The lowest BCUT2D eigenvalue weighted by molar-refractivity contribution is -0.522. The first-order chi connectivity index (χ1) is 9.67. The number of allylic oxidation sites excluding steroid dienone is 1. The van der Waals surface area contributed by atoms with Crippen LogP contribution in [0.25, 0.3) is 0 Å². The predicted octanol–water partition coefficient (Wildman–Crippen LogP) is 3.95. The maximum absolute atomic E-state index is 2.59. The van der Waals surface area contributed by atoms with E-state index in [1.807, 2.05) is 0 Å². The molecular weight excluding hydrogens is 244 g/mol. The van der Waals surface area contributed by atoms with Crippen molar-refractivity contribution in [1.82, 2.24) is 4.90 Å². The van der Waals surface area contributed by atoms with E-state index < -0.39 is 0 Å². The standard InChI is InChI=1S/C18H25N2/c1-18(2)15-17(19-12-7-4-8-13-19)11-14-20(18)16-9-5-3-6-10-16/h3,5-6,9-11,14H,4,7-8,12-13,15H2,1-2H3/q+1. The van der Waals surface area contributed by atoms with Gasteiger partial charge in [0.1, 0.15) is 0 Å². The van der Waals surface area contributed by atoms with Crippen LogP contribution < -0.4 is 0 Å². The molecule has 0 spiro atoms. The summed E-state index contributed by atoms with van der Waals surface area (Å²) in [7, 11) is 0. The summed E-state index contributed by atoms with van der Waals surface area (Å²) < 4.78 is 2.40. The van der Waals surface area contributed by atoms with Crippen LogP contribution in [0.5, 0.6) is 0 Å². The van der Waals surface area contributed by atoms with Crippen molar-refractivity contribution in [3.63, 3.8) is 0 Å². The highest BCUT2D eigenvalue weighted by Gasteiger charge is 2.36. The zero-order valence-electron chi connectivity index (χ0n) is 12.7. The van der Waals surface area contributed by atoms with Gasteiger partial charge in [-0.1, -0.05) is 18.2 Å². The molecule has 1 aromatic carbocycles. The first-order valence-electron chi connectivity index (χ1n) is 7.80. The molecule has 0 N–H and O–H groups in total. The minimum Gasteiger partial charge on any atom is -0.374 e. The summed E-state index contributed by atoms with van der Waals surface area (Å²) in [6.07, 6.45) is 9.80. The van der Waals surface area contributed by atoms with Gasteiger partial charge in [0.25, 0.3) is 0 Å². The Hall–Kier alpha value is -1.57.